The second-order valence-corrected chi connectivity index (χ2v) is 5.45. The first-order chi connectivity index (χ1) is 9.85. The van der Waals surface area contributed by atoms with Crippen LogP contribution in [0.3, 0.4) is 0 Å². The molecule has 3 rings (SSSR count). The third-order valence-corrected chi connectivity index (χ3v) is 3.86. The van der Waals surface area contributed by atoms with E-state index in [0.717, 1.165) is 31.0 Å². The molecule has 0 spiro atoms. The minimum atomic E-state index is 0.195. The number of aliphatic hydroxyl groups excluding tert-OH is 1. The van der Waals surface area contributed by atoms with Crippen LogP contribution in [0, 0.1) is 0 Å². The third-order valence-electron chi connectivity index (χ3n) is 3.86. The fourth-order valence-corrected chi connectivity index (χ4v) is 2.89. The van der Waals surface area contributed by atoms with E-state index >= 15 is 0 Å². The normalized spacial score (nSPS) is 19.2. The van der Waals surface area contributed by atoms with Gasteiger partial charge in [0.05, 0.1) is 12.3 Å². The van der Waals surface area contributed by atoms with Crippen molar-refractivity contribution in [1.29, 1.82) is 0 Å². The second kappa shape index (κ2) is 6.35. The number of rotatable bonds is 6. The molecule has 5 nitrogen and oxygen atoms in total. The van der Waals surface area contributed by atoms with E-state index in [0.29, 0.717) is 12.6 Å². The first kappa shape index (κ1) is 13.5. The van der Waals surface area contributed by atoms with E-state index in [9.17, 15) is 5.11 Å². The predicted molar refractivity (Wildman–Crippen MR) is 78.6 cm³/mol. The molecule has 1 saturated heterocycles. The molecule has 0 amide bonds. The molecule has 1 fully saturated rings. The molecule has 3 heterocycles. The smallest absolute Gasteiger partial charge is 0.137 e. The van der Waals surface area contributed by atoms with Crippen molar-refractivity contribution in [2.45, 2.75) is 25.4 Å². The van der Waals surface area contributed by atoms with Gasteiger partial charge in [0.2, 0.25) is 0 Å². The van der Waals surface area contributed by atoms with Crippen LogP contribution in [0.2, 0.25) is 0 Å². The second-order valence-electron chi connectivity index (χ2n) is 5.45. The summed E-state index contributed by atoms with van der Waals surface area (Å²) in [4.78, 5) is 6.91. The molecule has 5 heteroatoms. The molecule has 2 aromatic heterocycles. The van der Waals surface area contributed by atoms with Gasteiger partial charge in [-0.05, 0) is 31.5 Å². The average Bonchev–Trinajstić information content (AvgIpc) is 3.07. The maximum absolute atomic E-state index is 9.24. The number of aromatic nitrogens is 2. The van der Waals surface area contributed by atoms with Gasteiger partial charge in [-0.3, -0.25) is 4.90 Å². The van der Waals surface area contributed by atoms with Crippen LogP contribution in [-0.2, 0) is 6.54 Å². The Kier molecular flexibility index (Phi) is 4.30. The van der Waals surface area contributed by atoms with E-state index in [1.807, 2.05) is 28.8 Å². The molecule has 1 unspecified atom stereocenters. The Balaban J connectivity index is 1.68. The number of aliphatic hydroxyl groups is 1. The van der Waals surface area contributed by atoms with Gasteiger partial charge in [-0.15, -0.1) is 0 Å². The lowest BCUT2D eigenvalue weighted by Gasteiger charge is -2.23. The number of nitrogens with zero attached hydrogens (tertiary/aromatic N) is 3. The lowest BCUT2D eigenvalue weighted by molar-refractivity contribution is 0.178. The van der Waals surface area contributed by atoms with Crippen molar-refractivity contribution in [1.82, 2.24) is 19.6 Å². The predicted octanol–water partition coefficient (Wildman–Crippen LogP) is 0.881. The van der Waals surface area contributed by atoms with Gasteiger partial charge in [-0.2, -0.15) is 0 Å². The van der Waals surface area contributed by atoms with Gasteiger partial charge in [-0.1, -0.05) is 6.07 Å². The Morgan fingerprint density at radius 2 is 2.40 bits per heavy atom. The zero-order valence-electron chi connectivity index (χ0n) is 11.7. The molecule has 0 aromatic carbocycles. The van der Waals surface area contributed by atoms with E-state index in [2.05, 4.69) is 21.4 Å². The molecular formula is C15H22N4O. The van der Waals surface area contributed by atoms with Crippen molar-refractivity contribution in [2.75, 3.05) is 26.2 Å². The molecular weight excluding hydrogens is 252 g/mol. The van der Waals surface area contributed by atoms with E-state index in [1.165, 1.54) is 12.8 Å². The van der Waals surface area contributed by atoms with Gasteiger partial charge in [0.1, 0.15) is 5.65 Å². The fourth-order valence-electron chi connectivity index (χ4n) is 2.89. The van der Waals surface area contributed by atoms with Crippen LogP contribution < -0.4 is 5.32 Å². The fraction of sp³-hybridized carbons (Fsp3) is 0.533. The van der Waals surface area contributed by atoms with Crippen LogP contribution in [0.25, 0.3) is 5.65 Å². The number of nitrogens with one attached hydrogen (secondary N) is 1. The third kappa shape index (κ3) is 3.17. The summed E-state index contributed by atoms with van der Waals surface area (Å²) < 4.78 is 2.04. The Hall–Kier alpha value is -1.43. The van der Waals surface area contributed by atoms with Gasteiger partial charge in [-0.25, -0.2) is 4.98 Å². The summed E-state index contributed by atoms with van der Waals surface area (Å²) in [5.41, 5.74) is 2.04. The highest BCUT2D eigenvalue weighted by atomic mass is 16.3. The van der Waals surface area contributed by atoms with Gasteiger partial charge in [0.15, 0.2) is 0 Å². The van der Waals surface area contributed by atoms with Crippen LogP contribution in [0.5, 0.6) is 0 Å². The molecule has 0 bridgehead atoms. The van der Waals surface area contributed by atoms with E-state index < -0.39 is 0 Å². The highest BCUT2D eigenvalue weighted by molar-refractivity contribution is 5.39. The zero-order valence-corrected chi connectivity index (χ0v) is 11.7. The van der Waals surface area contributed by atoms with Crippen LogP contribution in [0.15, 0.2) is 30.6 Å². The number of imidazole rings is 1. The number of hydrogen-bond donors (Lipinski definition) is 2. The molecule has 0 radical (unpaired) electrons. The monoisotopic (exact) mass is 274 g/mol. The van der Waals surface area contributed by atoms with E-state index in [1.54, 1.807) is 0 Å². The summed E-state index contributed by atoms with van der Waals surface area (Å²) >= 11 is 0. The zero-order chi connectivity index (χ0) is 13.8. The number of pyridine rings is 1. The molecule has 1 aliphatic rings. The summed E-state index contributed by atoms with van der Waals surface area (Å²) in [7, 11) is 0. The van der Waals surface area contributed by atoms with Gasteiger partial charge in [0.25, 0.3) is 0 Å². The SMILES string of the molecule is OCCN(Cc1cn2ccccc2n1)CC1CCCN1. The van der Waals surface area contributed by atoms with Crippen molar-refractivity contribution in [3.63, 3.8) is 0 Å². The molecule has 108 valence electrons. The number of fused-ring (bicyclic) bond motifs is 1. The standard InChI is InChI=1S/C15H22N4O/c20-9-8-18(10-13-4-3-6-16-13)11-14-12-19-7-2-1-5-15(19)17-14/h1-2,5,7,12-13,16,20H,3-4,6,8-11H2. The van der Waals surface area contributed by atoms with Crippen LogP contribution >= 0.6 is 0 Å². The summed E-state index contributed by atoms with van der Waals surface area (Å²) in [5, 5.41) is 12.7. The van der Waals surface area contributed by atoms with Crippen LogP contribution in [0.1, 0.15) is 18.5 Å². The molecule has 1 aliphatic heterocycles. The van der Waals surface area contributed by atoms with Crippen LogP contribution in [0.4, 0.5) is 0 Å². The molecule has 0 saturated carbocycles. The van der Waals surface area contributed by atoms with Gasteiger partial charge < -0.3 is 14.8 Å². The maximum Gasteiger partial charge on any atom is 0.137 e. The highest BCUT2D eigenvalue weighted by Crippen LogP contribution is 2.11. The topological polar surface area (TPSA) is 52.8 Å². The van der Waals surface area contributed by atoms with E-state index in [-0.39, 0.29) is 6.61 Å². The van der Waals surface area contributed by atoms with Gasteiger partial charge in [0, 0.05) is 38.1 Å². The lowest BCUT2D eigenvalue weighted by Crippen LogP contribution is -2.38. The van der Waals surface area contributed by atoms with E-state index in [4.69, 9.17) is 0 Å². The minimum Gasteiger partial charge on any atom is -0.395 e. The molecule has 0 aliphatic carbocycles. The van der Waals surface area contributed by atoms with Crippen molar-refractivity contribution < 1.29 is 5.11 Å². The minimum absolute atomic E-state index is 0.195. The lowest BCUT2D eigenvalue weighted by atomic mass is 10.2. The summed E-state index contributed by atoms with van der Waals surface area (Å²) in [6, 6.07) is 6.57. The summed E-state index contributed by atoms with van der Waals surface area (Å²) in [6.45, 7) is 3.78. The molecule has 2 aromatic rings. The molecule has 1 atom stereocenters. The first-order valence-electron chi connectivity index (χ1n) is 7.34. The van der Waals surface area contributed by atoms with Crippen molar-refractivity contribution >= 4 is 5.65 Å². The Labute approximate surface area is 119 Å². The average molecular weight is 274 g/mol. The Morgan fingerprint density at radius 1 is 1.45 bits per heavy atom. The summed E-state index contributed by atoms with van der Waals surface area (Å²) in [6.07, 6.45) is 6.57. The largest absolute Gasteiger partial charge is 0.395 e. The highest BCUT2D eigenvalue weighted by Gasteiger charge is 2.18. The van der Waals surface area contributed by atoms with Crippen molar-refractivity contribution in [2.24, 2.45) is 0 Å². The van der Waals surface area contributed by atoms with Crippen LogP contribution in [-0.4, -0.2) is 51.7 Å². The maximum atomic E-state index is 9.24. The molecule has 2 N–H and O–H groups in total. The Bertz CT molecular complexity index is 515. The van der Waals surface area contributed by atoms with Crippen molar-refractivity contribution in [3.8, 4) is 0 Å². The van der Waals surface area contributed by atoms with Gasteiger partial charge >= 0.3 is 0 Å². The Morgan fingerprint density at radius 3 is 3.15 bits per heavy atom. The molecule has 20 heavy (non-hydrogen) atoms. The first-order valence-corrected chi connectivity index (χ1v) is 7.34. The summed E-state index contributed by atoms with van der Waals surface area (Å²) in [5.74, 6) is 0. The quantitative estimate of drug-likeness (QED) is 0.821. The van der Waals surface area contributed by atoms with Crippen molar-refractivity contribution in [3.05, 3.63) is 36.3 Å². The number of hydrogen-bond acceptors (Lipinski definition) is 4.